The number of hydrogen-bond donors (Lipinski definition) is 2. The van der Waals surface area contributed by atoms with Crippen LogP contribution in [0.15, 0.2) is 22.8 Å². The van der Waals surface area contributed by atoms with Gasteiger partial charge in [-0.3, -0.25) is 9.69 Å². The van der Waals surface area contributed by atoms with Crippen molar-refractivity contribution >= 4 is 27.7 Å². The second-order valence-electron chi connectivity index (χ2n) is 4.69. The van der Waals surface area contributed by atoms with E-state index in [1.807, 2.05) is 6.07 Å². The Morgan fingerprint density at radius 3 is 2.89 bits per heavy atom. The molecule has 2 N–H and O–H groups in total. The molecule has 1 aromatic rings. The fourth-order valence-electron chi connectivity index (χ4n) is 2.03. The number of nitrogens with one attached hydrogen (secondary N) is 2. The number of hydrogen-bond acceptors (Lipinski definition) is 4. The number of amides is 1. The Balaban J connectivity index is 1.86. The van der Waals surface area contributed by atoms with Gasteiger partial charge >= 0.3 is 0 Å². The molecule has 0 aliphatic carbocycles. The molecule has 19 heavy (non-hydrogen) atoms. The molecule has 0 unspecified atom stereocenters. The second kappa shape index (κ2) is 6.98. The van der Waals surface area contributed by atoms with Crippen molar-refractivity contribution in [3.8, 4) is 0 Å². The van der Waals surface area contributed by atoms with Crippen molar-refractivity contribution in [3.05, 3.63) is 22.8 Å². The molecule has 1 amide bonds. The van der Waals surface area contributed by atoms with E-state index in [9.17, 15) is 4.79 Å². The number of nitrogens with zero attached hydrogens (tertiary/aromatic N) is 2. The summed E-state index contributed by atoms with van der Waals surface area (Å²) in [5.74, 6) is 0.589. The molecule has 5 nitrogen and oxygen atoms in total. The van der Waals surface area contributed by atoms with E-state index >= 15 is 0 Å². The first kappa shape index (κ1) is 14.4. The first-order chi connectivity index (χ1) is 9.19. The van der Waals surface area contributed by atoms with E-state index in [1.54, 1.807) is 12.3 Å². The highest BCUT2D eigenvalue weighted by atomic mass is 79.9. The van der Waals surface area contributed by atoms with Crippen LogP contribution in [-0.2, 0) is 4.79 Å². The third-order valence-corrected chi connectivity index (χ3v) is 3.60. The number of anilines is 1. The topological polar surface area (TPSA) is 57.3 Å². The Labute approximate surface area is 121 Å². The van der Waals surface area contributed by atoms with Crippen molar-refractivity contribution in [2.24, 2.45) is 0 Å². The van der Waals surface area contributed by atoms with Gasteiger partial charge in [0.05, 0.1) is 6.54 Å². The second-order valence-corrected chi connectivity index (χ2v) is 5.61. The third-order valence-electron chi connectivity index (χ3n) is 3.13. The van der Waals surface area contributed by atoms with Gasteiger partial charge in [-0.25, -0.2) is 4.98 Å². The van der Waals surface area contributed by atoms with Crippen LogP contribution in [0.2, 0.25) is 0 Å². The molecule has 0 radical (unpaired) electrons. The van der Waals surface area contributed by atoms with E-state index in [0.717, 1.165) is 30.5 Å². The van der Waals surface area contributed by atoms with Crippen molar-refractivity contribution < 1.29 is 4.79 Å². The summed E-state index contributed by atoms with van der Waals surface area (Å²) >= 11 is 3.32. The van der Waals surface area contributed by atoms with Gasteiger partial charge in [-0.15, -0.1) is 0 Å². The zero-order valence-corrected chi connectivity index (χ0v) is 12.6. The van der Waals surface area contributed by atoms with Crippen molar-refractivity contribution in [2.45, 2.75) is 19.4 Å². The Hall–Kier alpha value is -0.980. The fourth-order valence-corrected chi connectivity index (χ4v) is 2.26. The van der Waals surface area contributed by atoms with Crippen LogP contribution in [0.5, 0.6) is 0 Å². The number of carbonyl (C=O) groups excluding carboxylic acids is 1. The van der Waals surface area contributed by atoms with E-state index in [1.165, 1.54) is 0 Å². The van der Waals surface area contributed by atoms with Crippen molar-refractivity contribution in [2.75, 3.05) is 31.5 Å². The first-order valence-corrected chi connectivity index (χ1v) is 7.34. The van der Waals surface area contributed by atoms with Crippen LogP contribution in [0.4, 0.5) is 5.82 Å². The van der Waals surface area contributed by atoms with Crippen LogP contribution in [-0.4, -0.2) is 48.0 Å². The van der Waals surface area contributed by atoms with Crippen molar-refractivity contribution in [1.29, 1.82) is 0 Å². The van der Waals surface area contributed by atoms with Gasteiger partial charge in [0, 0.05) is 29.8 Å². The smallest absolute Gasteiger partial charge is 0.239 e. The van der Waals surface area contributed by atoms with Crippen LogP contribution in [0.3, 0.4) is 0 Å². The van der Waals surface area contributed by atoms with Gasteiger partial charge in [0.2, 0.25) is 5.91 Å². The summed E-state index contributed by atoms with van der Waals surface area (Å²) in [6.07, 6.45) is 2.73. The standard InChI is InChI=1S/C13H19BrN4O/c1-2-5-18(11-7-15-8-11)9-13(19)17-12-4-3-10(14)6-16-12/h3-4,6,11,15H,2,5,7-9H2,1H3,(H,16,17,19). The normalized spacial score (nSPS) is 15.3. The third kappa shape index (κ3) is 4.26. The molecule has 1 aromatic heterocycles. The molecule has 1 aliphatic heterocycles. The Morgan fingerprint density at radius 1 is 1.58 bits per heavy atom. The lowest BCUT2D eigenvalue weighted by molar-refractivity contribution is -0.118. The van der Waals surface area contributed by atoms with Gasteiger partial charge in [-0.2, -0.15) is 0 Å². The summed E-state index contributed by atoms with van der Waals surface area (Å²) in [7, 11) is 0. The average molecular weight is 327 g/mol. The Kier molecular flexibility index (Phi) is 5.30. The Bertz CT molecular complexity index is 419. The summed E-state index contributed by atoms with van der Waals surface area (Å²) in [5.41, 5.74) is 0. The van der Waals surface area contributed by atoms with Gasteiger partial charge in [0.1, 0.15) is 5.82 Å². The monoisotopic (exact) mass is 326 g/mol. The highest BCUT2D eigenvalue weighted by Gasteiger charge is 2.25. The fraction of sp³-hybridized carbons (Fsp3) is 0.538. The zero-order chi connectivity index (χ0) is 13.7. The summed E-state index contributed by atoms with van der Waals surface area (Å²) in [6, 6.07) is 4.14. The van der Waals surface area contributed by atoms with Crippen molar-refractivity contribution in [1.82, 2.24) is 15.2 Å². The maximum atomic E-state index is 12.0. The Morgan fingerprint density at radius 2 is 2.37 bits per heavy atom. The number of pyridine rings is 1. The molecule has 2 heterocycles. The maximum absolute atomic E-state index is 12.0. The van der Waals surface area contributed by atoms with Crippen LogP contribution >= 0.6 is 15.9 Å². The average Bonchev–Trinajstić information content (AvgIpc) is 2.30. The first-order valence-electron chi connectivity index (χ1n) is 6.55. The maximum Gasteiger partial charge on any atom is 0.239 e. The lowest BCUT2D eigenvalue weighted by Crippen LogP contribution is -2.58. The molecule has 0 spiro atoms. The van der Waals surface area contributed by atoms with Gasteiger partial charge < -0.3 is 10.6 Å². The molecule has 1 saturated heterocycles. The molecule has 6 heteroatoms. The lowest BCUT2D eigenvalue weighted by atomic mass is 10.1. The van der Waals surface area contributed by atoms with Gasteiger partial charge in [-0.05, 0) is 41.0 Å². The van der Waals surface area contributed by atoms with Gasteiger partial charge in [0.15, 0.2) is 0 Å². The predicted octanol–water partition coefficient (Wildman–Crippen LogP) is 1.47. The molecule has 104 valence electrons. The number of halogens is 1. The highest BCUT2D eigenvalue weighted by molar-refractivity contribution is 9.10. The SMILES string of the molecule is CCCN(CC(=O)Nc1ccc(Br)cn1)C1CNC1. The minimum absolute atomic E-state index is 0.00447. The molecule has 0 bridgehead atoms. The van der Waals surface area contributed by atoms with E-state index < -0.39 is 0 Å². The minimum atomic E-state index is -0.00447. The minimum Gasteiger partial charge on any atom is -0.314 e. The predicted molar refractivity (Wildman–Crippen MR) is 79.1 cm³/mol. The van der Waals surface area contributed by atoms with E-state index in [4.69, 9.17) is 0 Å². The van der Waals surface area contributed by atoms with Gasteiger partial charge in [-0.1, -0.05) is 6.92 Å². The zero-order valence-electron chi connectivity index (χ0n) is 11.0. The molecule has 1 fully saturated rings. The van der Waals surface area contributed by atoms with Crippen LogP contribution in [0.1, 0.15) is 13.3 Å². The number of aromatic nitrogens is 1. The quantitative estimate of drug-likeness (QED) is 0.831. The van der Waals surface area contributed by atoms with Gasteiger partial charge in [0.25, 0.3) is 0 Å². The molecule has 0 saturated carbocycles. The highest BCUT2D eigenvalue weighted by Crippen LogP contribution is 2.11. The summed E-state index contributed by atoms with van der Waals surface area (Å²) in [4.78, 5) is 18.4. The van der Waals surface area contributed by atoms with Crippen LogP contribution in [0.25, 0.3) is 0 Å². The molecule has 1 aliphatic rings. The molecular weight excluding hydrogens is 308 g/mol. The van der Waals surface area contributed by atoms with Crippen LogP contribution < -0.4 is 10.6 Å². The summed E-state index contributed by atoms with van der Waals surface area (Å²) in [6.45, 7) is 5.46. The lowest BCUT2D eigenvalue weighted by Gasteiger charge is -2.37. The number of rotatable bonds is 6. The van der Waals surface area contributed by atoms with E-state index in [0.29, 0.717) is 18.4 Å². The molecular formula is C13H19BrN4O. The summed E-state index contributed by atoms with van der Waals surface area (Å²) in [5, 5.41) is 6.07. The molecule has 2 rings (SSSR count). The van der Waals surface area contributed by atoms with E-state index in [-0.39, 0.29) is 5.91 Å². The number of carbonyl (C=O) groups is 1. The van der Waals surface area contributed by atoms with Crippen molar-refractivity contribution in [3.63, 3.8) is 0 Å². The molecule has 0 atom stereocenters. The van der Waals surface area contributed by atoms with E-state index in [2.05, 4.69) is 43.4 Å². The van der Waals surface area contributed by atoms with Crippen LogP contribution in [0, 0.1) is 0 Å². The molecule has 0 aromatic carbocycles. The largest absolute Gasteiger partial charge is 0.314 e. The summed E-state index contributed by atoms with van der Waals surface area (Å²) < 4.78 is 0.902.